The third-order valence-electron chi connectivity index (χ3n) is 4.62. The number of H-pyrrole nitrogens is 1. The van der Waals surface area contributed by atoms with Gasteiger partial charge in [0.1, 0.15) is 0 Å². The quantitative estimate of drug-likeness (QED) is 0.805. The second-order valence-electron chi connectivity index (χ2n) is 6.67. The smallest absolute Gasteiger partial charge is 0.230 e. The van der Waals surface area contributed by atoms with E-state index in [0.29, 0.717) is 0 Å². The summed E-state index contributed by atoms with van der Waals surface area (Å²) < 4.78 is 0. The first-order chi connectivity index (χ1) is 10.5. The Hall–Kier alpha value is -1.81. The van der Waals surface area contributed by atoms with E-state index in [4.69, 9.17) is 0 Å². The van der Waals surface area contributed by atoms with E-state index in [0.717, 1.165) is 43.6 Å². The van der Waals surface area contributed by atoms with Crippen LogP contribution in [0, 0.1) is 6.92 Å². The van der Waals surface area contributed by atoms with Gasteiger partial charge in [0.05, 0.1) is 5.41 Å². The number of hydrogen-bond acceptors (Lipinski definition) is 2. The van der Waals surface area contributed by atoms with Crippen molar-refractivity contribution < 1.29 is 4.79 Å². The van der Waals surface area contributed by atoms with E-state index in [2.05, 4.69) is 48.4 Å². The number of rotatable bonds is 6. The molecule has 1 aliphatic carbocycles. The van der Waals surface area contributed by atoms with Crippen LogP contribution in [0.1, 0.15) is 30.5 Å². The molecule has 2 N–H and O–H groups in total. The van der Waals surface area contributed by atoms with Gasteiger partial charge in [0.25, 0.3) is 0 Å². The number of aromatic nitrogens is 1. The topological polar surface area (TPSA) is 48.1 Å². The molecule has 1 amide bonds. The van der Waals surface area contributed by atoms with Crippen molar-refractivity contribution >= 4 is 16.8 Å². The zero-order valence-corrected chi connectivity index (χ0v) is 13.7. The summed E-state index contributed by atoms with van der Waals surface area (Å²) in [6.45, 7) is 3.83. The van der Waals surface area contributed by atoms with Crippen LogP contribution in [0.2, 0.25) is 0 Å². The van der Waals surface area contributed by atoms with Crippen LogP contribution < -0.4 is 5.32 Å². The molecule has 1 heterocycles. The van der Waals surface area contributed by atoms with E-state index in [9.17, 15) is 4.79 Å². The lowest BCUT2D eigenvalue weighted by molar-refractivity contribution is -0.123. The first kappa shape index (κ1) is 15.1. The third-order valence-corrected chi connectivity index (χ3v) is 4.62. The van der Waals surface area contributed by atoms with Gasteiger partial charge in [-0.2, -0.15) is 0 Å². The van der Waals surface area contributed by atoms with Crippen LogP contribution in [0.3, 0.4) is 0 Å². The number of hydrogen-bond donors (Lipinski definition) is 2. The zero-order chi connectivity index (χ0) is 15.7. The Morgan fingerprint density at radius 1 is 1.32 bits per heavy atom. The summed E-state index contributed by atoms with van der Waals surface area (Å²) in [6.07, 6.45) is 2.89. The lowest BCUT2D eigenvalue weighted by Crippen LogP contribution is -2.36. The van der Waals surface area contributed by atoms with Crippen LogP contribution in [0.5, 0.6) is 0 Å². The number of carbonyl (C=O) groups is 1. The highest BCUT2D eigenvalue weighted by Gasteiger charge is 2.53. The number of amides is 1. The van der Waals surface area contributed by atoms with Gasteiger partial charge in [-0.1, -0.05) is 18.2 Å². The summed E-state index contributed by atoms with van der Waals surface area (Å²) >= 11 is 0. The summed E-state index contributed by atoms with van der Waals surface area (Å²) in [7, 11) is 4.11. The molecule has 2 aromatic rings. The molecular weight excluding hydrogens is 274 g/mol. The number of aryl methyl sites for hydroxylation is 1. The summed E-state index contributed by atoms with van der Waals surface area (Å²) in [5.41, 5.74) is 3.15. The first-order valence-corrected chi connectivity index (χ1v) is 8.05. The summed E-state index contributed by atoms with van der Waals surface area (Å²) in [4.78, 5) is 18.3. The maximum absolute atomic E-state index is 12.7. The van der Waals surface area contributed by atoms with Crippen molar-refractivity contribution in [3.63, 3.8) is 0 Å². The van der Waals surface area contributed by atoms with E-state index in [-0.39, 0.29) is 11.3 Å². The van der Waals surface area contributed by atoms with Crippen molar-refractivity contribution in [3.05, 3.63) is 35.5 Å². The maximum Gasteiger partial charge on any atom is 0.230 e. The largest absolute Gasteiger partial charge is 0.358 e. The molecule has 0 radical (unpaired) electrons. The molecule has 0 unspecified atom stereocenters. The minimum Gasteiger partial charge on any atom is -0.358 e. The zero-order valence-electron chi connectivity index (χ0n) is 13.7. The van der Waals surface area contributed by atoms with Gasteiger partial charge in [-0.05, 0) is 58.5 Å². The second kappa shape index (κ2) is 5.76. The number of benzene rings is 1. The monoisotopic (exact) mass is 299 g/mol. The molecule has 1 aliphatic rings. The van der Waals surface area contributed by atoms with Crippen molar-refractivity contribution in [2.45, 2.75) is 31.6 Å². The first-order valence-electron chi connectivity index (χ1n) is 8.05. The van der Waals surface area contributed by atoms with E-state index in [1.54, 1.807) is 0 Å². The molecule has 4 nitrogen and oxygen atoms in total. The van der Waals surface area contributed by atoms with Crippen LogP contribution >= 0.6 is 0 Å². The van der Waals surface area contributed by atoms with Gasteiger partial charge in [-0.25, -0.2) is 0 Å². The molecule has 1 aromatic heterocycles. The van der Waals surface area contributed by atoms with Crippen LogP contribution in [0.15, 0.2) is 24.3 Å². The highest BCUT2D eigenvalue weighted by atomic mass is 16.2. The molecule has 0 bridgehead atoms. The van der Waals surface area contributed by atoms with E-state index in [1.165, 1.54) is 10.9 Å². The average molecular weight is 299 g/mol. The summed E-state index contributed by atoms with van der Waals surface area (Å²) in [6, 6.07) is 8.28. The number of nitrogens with one attached hydrogen (secondary N) is 2. The Morgan fingerprint density at radius 2 is 2.05 bits per heavy atom. The van der Waals surface area contributed by atoms with E-state index < -0.39 is 0 Å². The van der Waals surface area contributed by atoms with Gasteiger partial charge in [0.15, 0.2) is 0 Å². The van der Waals surface area contributed by atoms with Crippen molar-refractivity contribution in [2.75, 3.05) is 27.2 Å². The number of para-hydroxylation sites is 1. The highest BCUT2D eigenvalue weighted by Crippen LogP contribution is 2.51. The van der Waals surface area contributed by atoms with Crippen molar-refractivity contribution in [3.8, 4) is 0 Å². The van der Waals surface area contributed by atoms with Crippen LogP contribution in [-0.2, 0) is 10.2 Å². The van der Waals surface area contributed by atoms with Crippen LogP contribution in [-0.4, -0.2) is 43.0 Å². The average Bonchev–Trinajstić information content (AvgIpc) is 3.20. The van der Waals surface area contributed by atoms with Gasteiger partial charge in [0.2, 0.25) is 5.91 Å². The van der Waals surface area contributed by atoms with Gasteiger partial charge < -0.3 is 15.2 Å². The number of nitrogens with zero attached hydrogens (tertiary/aromatic N) is 1. The second-order valence-corrected chi connectivity index (χ2v) is 6.67. The van der Waals surface area contributed by atoms with Crippen molar-refractivity contribution in [1.29, 1.82) is 0 Å². The molecule has 0 saturated heterocycles. The Kier molecular flexibility index (Phi) is 3.96. The Balaban J connectivity index is 1.78. The fourth-order valence-electron chi connectivity index (χ4n) is 3.38. The van der Waals surface area contributed by atoms with Gasteiger partial charge in [0, 0.05) is 23.1 Å². The number of carbonyl (C=O) groups excluding carboxylic acids is 1. The maximum atomic E-state index is 12.7. The molecule has 3 rings (SSSR count). The molecule has 4 heteroatoms. The fraction of sp³-hybridized carbons (Fsp3) is 0.500. The third kappa shape index (κ3) is 2.63. The molecule has 0 spiro atoms. The van der Waals surface area contributed by atoms with Crippen molar-refractivity contribution in [2.24, 2.45) is 0 Å². The molecule has 118 valence electrons. The van der Waals surface area contributed by atoms with Crippen LogP contribution in [0.4, 0.5) is 0 Å². The molecule has 1 fully saturated rings. The summed E-state index contributed by atoms with van der Waals surface area (Å²) in [5.74, 6) is 0.194. The minimum absolute atomic E-state index is 0.194. The molecule has 1 aromatic carbocycles. The Bertz CT molecular complexity index is 683. The fourth-order valence-corrected chi connectivity index (χ4v) is 3.38. The highest BCUT2D eigenvalue weighted by molar-refractivity contribution is 5.98. The lowest BCUT2D eigenvalue weighted by Gasteiger charge is -2.17. The normalized spacial score (nSPS) is 16.2. The SMILES string of the molecule is Cc1[nH]c2ccccc2c1C1(C(=O)NCCCN(C)C)CC1. The van der Waals surface area contributed by atoms with Gasteiger partial charge >= 0.3 is 0 Å². The number of fused-ring (bicyclic) bond motifs is 1. The van der Waals surface area contributed by atoms with Crippen LogP contribution in [0.25, 0.3) is 10.9 Å². The standard InChI is InChI=1S/C18H25N3O/c1-13-16(14-7-4-5-8-15(14)20-13)18(9-10-18)17(22)19-11-6-12-21(2)3/h4-5,7-8,20H,6,9-12H2,1-3H3,(H,19,22). The molecule has 22 heavy (non-hydrogen) atoms. The lowest BCUT2D eigenvalue weighted by atomic mass is 9.92. The van der Waals surface area contributed by atoms with E-state index in [1.807, 2.05) is 12.1 Å². The predicted molar refractivity (Wildman–Crippen MR) is 90.1 cm³/mol. The molecule has 1 saturated carbocycles. The Labute approximate surface area is 131 Å². The van der Waals surface area contributed by atoms with Crippen molar-refractivity contribution in [1.82, 2.24) is 15.2 Å². The van der Waals surface area contributed by atoms with Gasteiger partial charge in [-0.15, -0.1) is 0 Å². The Morgan fingerprint density at radius 3 is 2.73 bits per heavy atom. The minimum atomic E-state index is -0.304. The molecular formula is C18H25N3O. The van der Waals surface area contributed by atoms with Gasteiger partial charge in [-0.3, -0.25) is 4.79 Å². The molecule has 0 aliphatic heterocycles. The number of aromatic amines is 1. The van der Waals surface area contributed by atoms with E-state index >= 15 is 0 Å². The predicted octanol–water partition coefficient (Wildman–Crippen LogP) is 2.58. The molecule has 0 atom stereocenters. The summed E-state index contributed by atoms with van der Waals surface area (Å²) in [5, 5.41) is 4.34.